The number of nitrogens with two attached hydrogens (primary N) is 1. The maximum absolute atomic E-state index is 5.79. The molecule has 0 atom stereocenters. The van der Waals surface area contributed by atoms with Crippen molar-refractivity contribution < 1.29 is 0 Å². The second kappa shape index (κ2) is 5.70. The van der Waals surface area contributed by atoms with Gasteiger partial charge in [-0.05, 0) is 54.1 Å². The Hall–Kier alpha value is -3.67. The van der Waals surface area contributed by atoms with E-state index < -0.39 is 0 Å². The number of hydrogen-bond donors (Lipinski definition) is 1. The van der Waals surface area contributed by atoms with Crippen molar-refractivity contribution in [3.63, 3.8) is 0 Å². The molecule has 0 spiro atoms. The number of pyridine rings is 1. The van der Waals surface area contributed by atoms with Crippen LogP contribution in [0.25, 0.3) is 28.2 Å². The van der Waals surface area contributed by atoms with E-state index >= 15 is 0 Å². The highest BCUT2D eigenvalue weighted by molar-refractivity contribution is 5.81. The lowest BCUT2D eigenvalue weighted by Crippen LogP contribution is -2.00. The minimum Gasteiger partial charge on any atom is -0.399 e. The lowest BCUT2D eigenvalue weighted by molar-refractivity contribution is 0.837. The first-order valence-corrected chi connectivity index (χ1v) is 8.38. The van der Waals surface area contributed by atoms with Crippen molar-refractivity contribution >= 4 is 22.5 Å². The van der Waals surface area contributed by atoms with Gasteiger partial charge in [-0.15, -0.1) is 5.10 Å². The fourth-order valence-electron chi connectivity index (χ4n) is 3.20. The fourth-order valence-corrected chi connectivity index (χ4v) is 3.20. The van der Waals surface area contributed by atoms with E-state index in [0.717, 1.165) is 28.1 Å². The summed E-state index contributed by atoms with van der Waals surface area (Å²) in [7, 11) is 0. The smallest absolute Gasteiger partial charge is 0.234 e. The van der Waals surface area contributed by atoms with Crippen LogP contribution in [-0.2, 0) is 6.54 Å². The molecule has 5 aromatic rings. The van der Waals surface area contributed by atoms with Crippen LogP contribution < -0.4 is 5.73 Å². The molecule has 6 nitrogen and oxygen atoms in total. The lowest BCUT2D eigenvalue weighted by Gasteiger charge is -2.04. The van der Waals surface area contributed by atoms with E-state index in [1.807, 2.05) is 65.4 Å². The number of hydrogen-bond acceptors (Lipinski definition) is 4. The zero-order valence-corrected chi connectivity index (χ0v) is 13.9. The molecule has 5 rings (SSSR count). The molecular formula is C20H16N6. The Morgan fingerprint density at radius 2 is 1.58 bits per heavy atom. The molecule has 26 heavy (non-hydrogen) atoms. The first kappa shape index (κ1) is 14.7. The molecule has 3 heterocycles. The second-order valence-electron chi connectivity index (χ2n) is 6.20. The summed E-state index contributed by atoms with van der Waals surface area (Å²) in [5, 5.41) is 4.73. The van der Waals surface area contributed by atoms with Gasteiger partial charge >= 0.3 is 0 Å². The summed E-state index contributed by atoms with van der Waals surface area (Å²) < 4.78 is 4.08. The second-order valence-corrected chi connectivity index (χ2v) is 6.20. The maximum atomic E-state index is 5.79. The average molecular weight is 340 g/mol. The number of nitrogen functional groups attached to an aromatic ring is 1. The normalized spacial score (nSPS) is 11.4. The molecule has 126 valence electrons. The molecule has 0 fully saturated rings. The first-order valence-electron chi connectivity index (χ1n) is 8.38. The summed E-state index contributed by atoms with van der Waals surface area (Å²) >= 11 is 0. The zero-order chi connectivity index (χ0) is 17.5. The molecule has 2 aromatic carbocycles. The van der Waals surface area contributed by atoms with Crippen LogP contribution in [0.15, 0.2) is 73.1 Å². The van der Waals surface area contributed by atoms with Crippen molar-refractivity contribution in [2.45, 2.75) is 6.54 Å². The number of para-hydroxylation sites is 2. The number of benzene rings is 2. The lowest BCUT2D eigenvalue weighted by atomic mass is 10.2. The molecule has 0 amide bonds. The highest BCUT2D eigenvalue weighted by atomic mass is 15.4. The van der Waals surface area contributed by atoms with Gasteiger partial charge in [0, 0.05) is 23.6 Å². The number of nitrogens with zero attached hydrogens (tertiary/aromatic N) is 5. The van der Waals surface area contributed by atoms with Crippen molar-refractivity contribution in [1.29, 1.82) is 0 Å². The SMILES string of the molecule is Nc1ccc(-c2nc3n(Cc4ccncc4)c4ccccc4n3n2)cc1. The summed E-state index contributed by atoms with van der Waals surface area (Å²) in [6.07, 6.45) is 3.61. The predicted molar refractivity (Wildman–Crippen MR) is 102 cm³/mol. The van der Waals surface area contributed by atoms with E-state index in [0.29, 0.717) is 12.4 Å². The molecule has 0 aliphatic rings. The van der Waals surface area contributed by atoms with Gasteiger partial charge in [0.05, 0.1) is 17.6 Å². The van der Waals surface area contributed by atoms with Crippen LogP contribution in [-0.4, -0.2) is 24.1 Å². The van der Waals surface area contributed by atoms with Crippen molar-refractivity contribution in [1.82, 2.24) is 24.1 Å². The summed E-state index contributed by atoms with van der Waals surface area (Å²) in [5.74, 6) is 1.50. The van der Waals surface area contributed by atoms with Crippen molar-refractivity contribution in [2.24, 2.45) is 0 Å². The molecule has 3 aromatic heterocycles. The van der Waals surface area contributed by atoms with Gasteiger partial charge in [-0.25, -0.2) is 0 Å². The highest BCUT2D eigenvalue weighted by Gasteiger charge is 2.16. The molecule has 6 heteroatoms. The van der Waals surface area contributed by atoms with Gasteiger partial charge in [0.15, 0.2) is 5.82 Å². The Morgan fingerprint density at radius 1 is 0.846 bits per heavy atom. The first-order chi connectivity index (χ1) is 12.8. The number of fused-ring (bicyclic) bond motifs is 3. The van der Waals surface area contributed by atoms with Crippen molar-refractivity contribution in [3.05, 3.63) is 78.6 Å². The molecule has 0 aliphatic heterocycles. The van der Waals surface area contributed by atoms with Crippen molar-refractivity contribution in [3.8, 4) is 11.4 Å². The summed E-state index contributed by atoms with van der Waals surface area (Å²) in [4.78, 5) is 8.90. The Morgan fingerprint density at radius 3 is 2.35 bits per heavy atom. The number of imidazole rings is 1. The van der Waals surface area contributed by atoms with Gasteiger partial charge in [0.25, 0.3) is 0 Å². The van der Waals surface area contributed by atoms with Crippen LogP contribution in [0, 0.1) is 0 Å². The van der Waals surface area contributed by atoms with E-state index in [4.69, 9.17) is 15.8 Å². The van der Waals surface area contributed by atoms with E-state index in [1.54, 1.807) is 0 Å². The average Bonchev–Trinajstić information content (AvgIpc) is 3.23. The molecule has 0 saturated carbocycles. The van der Waals surface area contributed by atoms with Crippen LogP contribution >= 0.6 is 0 Å². The summed E-state index contributed by atoms with van der Waals surface area (Å²) in [6, 6.07) is 19.9. The topological polar surface area (TPSA) is 74.0 Å². The molecule has 2 N–H and O–H groups in total. The third-order valence-corrected chi connectivity index (χ3v) is 4.49. The molecule has 0 aliphatic carbocycles. The Bertz CT molecular complexity index is 1200. The third kappa shape index (κ3) is 2.31. The van der Waals surface area contributed by atoms with Gasteiger partial charge in [0.2, 0.25) is 5.78 Å². The minimum atomic E-state index is 0.689. The fraction of sp³-hybridized carbons (Fsp3) is 0.0500. The summed E-state index contributed by atoms with van der Waals surface area (Å²) in [5.41, 5.74) is 10.8. The van der Waals surface area contributed by atoms with Gasteiger partial charge < -0.3 is 10.3 Å². The van der Waals surface area contributed by atoms with E-state index in [1.165, 1.54) is 5.56 Å². The van der Waals surface area contributed by atoms with E-state index in [-0.39, 0.29) is 0 Å². The van der Waals surface area contributed by atoms with Crippen LogP contribution in [0.4, 0.5) is 5.69 Å². The minimum absolute atomic E-state index is 0.689. The maximum Gasteiger partial charge on any atom is 0.234 e. The van der Waals surface area contributed by atoms with E-state index in [9.17, 15) is 0 Å². The number of anilines is 1. The molecule has 0 radical (unpaired) electrons. The Kier molecular flexibility index (Phi) is 3.21. The highest BCUT2D eigenvalue weighted by Crippen LogP contribution is 2.24. The number of aromatic nitrogens is 5. The molecule has 0 saturated heterocycles. The van der Waals surface area contributed by atoms with Gasteiger partial charge in [-0.2, -0.15) is 9.50 Å². The van der Waals surface area contributed by atoms with Crippen molar-refractivity contribution in [2.75, 3.05) is 5.73 Å². The largest absolute Gasteiger partial charge is 0.399 e. The molecule has 0 unspecified atom stereocenters. The number of rotatable bonds is 3. The molecular weight excluding hydrogens is 324 g/mol. The predicted octanol–water partition coefficient (Wildman–Crippen LogP) is 3.38. The third-order valence-electron chi connectivity index (χ3n) is 4.49. The van der Waals surface area contributed by atoms with E-state index in [2.05, 4.69) is 21.7 Å². The van der Waals surface area contributed by atoms with Crippen LogP contribution in [0.5, 0.6) is 0 Å². The van der Waals surface area contributed by atoms with Crippen LogP contribution in [0.2, 0.25) is 0 Å². The van der Waals surface area contributed by atoms with Crippen LogP contribution in [0.3, 0.4) is 0 Å². The van der Waals surface area contributed by atoms with Gasteiger partial charge in [0.1, 0.15) is 0 Å². The summed E-state index contributed by atoms with van der Waals surface area (Å²) in [6.45, 7) is 0.708. The monoisotopic (exact) mass is 340 g/mol. The Balaban J connectivity index is 1.72. The van der Waals surface area contributed by atoms with Gasteiger partial charge in [-0.3, -0.25) is 4.98 Å². The zero-order valence-electron chi connectivity index (χ0n) is 13.9. The standard InChI is InChI=1S/C20H16N6/c21-16-7-5-15(6-8-16)19-23-20-25(13-14-9-11-22-12-10-14)17-3-1-2-4-18(17)26(20)24-19/h1-12H,13,21H2. The molecule has 0 bridgehead atoms. The Labute approximate surface area is 149 Å². The van der Waals surface area contributed by atoms with Gasteiger partial charge in [-0.1, -0.05) is 12.1 Å². The quantitative estimate of drug-likeness (QED) is 0.511. The van der Waals surface area contributed by atoms with Crippen LogP contribution in [0.1, 0.15) is 5.56 Å².